The molecule has 1 heterocycles. The normalized spacial score (nSPS) is 33.6. The van der Waals surface area contributed by atoms with Crippen LogP contribution in [-0.4, -0.2) is 47.2 Å². The topological polar surface area (TPSA) is 76.0 Å². The lowest BCUT2D eigenvalue weighted by Crippen LogP contribution is -2.47. The standard InChI is InChI=1S/C12H22O5/c1-8(13)5-3-4-6-16-12-11(15)7-10(14)9(2)17-12/h9-12,14-15H,3-7H2,1-2H3/t9?,10-,11?,12-/m1/s1. The van der Waals surface area contributed by atoms with Crippen molar-refractivity contribution in [2.45, 2.75) is 64.1 Å². The summed E-state index contributed by atoms with van der Waals surface area (Å²) in [6.45, 7) is 3.78. The van der Waals surface area contributed by atoms with Gasteiger partial charge in [-0.25, -0.2) is 0 Å². The number of hydrogen-bond donors (Lipinski definition) is 2. The van der Waals surface area contributed by atoms with Gasteiger partial charge in [-0.1, -0.05) is 0 Å². The molecule has 5 heteroatoms. The van der Waals surface area contributed by atoms with E-state index in [1.807, 2.05) is 0 Å². The number of ketones is 1. The van der Waals surface area contributed by atoms with E-state index < -0.39 is 18.5 Å². The molecule has 2 unspecified atom stereocenters. The molecule has 0 aromatic rings. The quantitative estimate of drug-likeness (QED) is 0.672. The minimum atomic E-state index is -0.783. The summed E-state index contributed by atoms with van der Waals surface area (Å²) in [5.41, 5.74) is 0. The summed E-state index contributed by atoms with van der Waals surface area (Å²) >= 11 is 0. The van der Waals surface area contributed by atoms with E-state index in [0.29, 0.717) is 13.0 Å². The number of unbranched alkanes of at least 4 members (excludes halogenated alkanes) is 1. The van der Waals surface area contributed by atoms with Crippen molar-refractivity contribution in [1.29, 1.82) is 0 Å². The van der Waals surface area contributed by atoms with Gasteiger partial charge in [0, 0.05) is 19.4 Å². The van der Waals surface area contributed by atoms with Crippen molar-refractivity contribution in [1.82, 2.24) is 0 Å². The summed E-state index contributed by atoms with van der Waals surface area (Å²) in [6, 6.07) is 0. The number of aliphatic hydroxyl groups is 2. The molecule has 100 valence electrons. The van der Waals surface area contributed by atoms with Crippen LogP contribution in [0.3, 0.4) is 0 Å². The second kappa shape index (κ2) is 7.06. The van der Waals surface area contributed by atoms with Crippen molar-refractivity contribution in [3.63, 3.8) is 0 Å². The van der Waals surface area contributed by atoms with E-state index in [9.17, 15) is 15.0 Å². The molecule has 0 saturated carbocycles. The van der Waals surface area contributed by atoms with Gasteiger partial charge in [-0.2, -0.15) is 0 Å². The van der Waals surface area contributed by atoms with Crippen molar-refractivity contribution in [2.24, 2.45) is 0 Å². The molecular formula is C12H22O5. The zero-order valence-electron chi connectivity index (χ0n) is 10.5. The Morgan fingerprint density at radius 3 is 2.71 bits per heavy atom. The highest BCUT2D eigenvalue weighted by molar-refractivity contribution is 5.75. The fourth-order valence-electron chi connectivity index (χ4n) is 1.77. The molecule has 0 aromatic heterocycles. The first-order valence-corrected chi connectivity index (χ1v) is 6.13. The molecule has 1 fully saturated rings. The Kier molecular flexibility index (Phi) is 6.05. The number of rotatable bonds is 6. The van der Waals surface area contributed by atoms with Crippen LogP contribution in [0.25, 0.3) is 0 Å². The lowest BCUT2D eigenvalue weighted by molar-refractivity contribution is -0.261. The van der Waals surface area contributed by atoms with Crippen molar-refractivity contribution in [3.05, 3.63) is 0 Å². The van der Waals surface area contributed by atoms with Crippen LogP contribution in [0.15, 0.2) is 0 Å². The third kappa shape index (κ3) is 5.12. The van der Waals surface area contributed by atoms with Crippen LogP contribution in [-0.2, 0) is 14.3 Å². The van der Waals surface area contributed by atoms with E-state index in [-0.39, 0.29) is 18.3 Å². The van der Waals surface area contributed by atoms with Gasteiger partial charge < -0.3 is 24.5 Å². The number of ether oxygens (including phenoxy) is 2. The largest absolute Gasteiger partial charge is 0.390 e. The summed E-state index contributed by atoms with van der Waals surface area (Å²) in [7, 11) is 0. The van der Waals surface area contributed by atoms with Crippen LogP contribution in [0.4, 0.5) is 0 Å². The molecule has 0 bridgehead atoms. The van der Waals surface area contributed by atoms with Gasteiger partial charge >= 0.3 is 0 Å². The second-order valence-electron chi connectivity index (χ2n) is 4.61. The molecule has 0 amide bonds. The maximum absolute atomic E-state index is 10.7. The maximum Gasteiger partial charge on any atom is 0.183 e. The van der Waals surface area contributed by atoms with Crippen LogP contribution in [0.5, 0.6) is 0 Å². The van der Waals surface area contributed by atoms with Crippen LogP contribution in [0, 0.1) is 0 Å². The van der Waals surface area contributed by atoms with Crippen LogP contribution >= 0.6 is 0 Å². The fourth-order valence-corrected chi connectivity index (χ4v) is 1.77. The molecule has 0 radical (unpaired) electrons. The smallest absolute Gasteiger partial charge is 0.183 e. The van der Waals surface area contributed by atoms with Gasteiger partial charge in [0.15, 0.2) is 6.29 Å². The van der Waals surface area contributed by atoms with Crippen molar-refractivity contribution >= 4 is 5.78 Å². The predicted octanol–water partition coefficient (Wildman–Crippen LogP) is 0.619. The second-order valence-corrected chi connectivity index (χ2v) is 4.61. The molecule has 17 heavy (non-hydrogen) atoms. The Hall–Kier alpha value is -0.490. The Morgan fingerprint density at radius 1 is 1.35 bits per heavy atom. The zero-order chi connectivity index (χ0) is 12.8. The molecule has 0 aromatic carbocycles. The van der Waals surface area contributed by atoms with E-state index in [4.69, 9.17) is 9.47 Å². The lowest BCUT2D eigenvalue weighted by atomic mass is 10.0. The molecule has 5 nitrogen and oxygen atoms in total. The minimum absolute atomic E-state index is 0.177. The molecule has 0 aliphatic carbocycles. The van der Waals surface area contributed by atoms with E-state index in [1.54, 1.807) is 13.8 Å². The van der Waals surface area contributed by atoms with Crippen LogP contribution in [0.2, 0.25) is 0 Å². The van der Waals surface area contributed by atoms with Gasteiger partial charge in [-0.3, -0.25) is 0 Å². The summed E-state index contributed by atoms with van der Waals surface area (Å²) in [5.74, 6) is 0.177. The van der Waals surface area contributed by atoms with Crippen LogP contribution < -0.4 is 0 Å². The molecule has 4 atom stereocenters. The van der Waals surface area contributed by atoms with E-state index in [0.717, 1.165) is 12.8 Å². The average Bonchev–Trinajstić information content (AvgIpc) is 2.24. The number of aliphatic hydroxyl groups excluding tert-OH is 2. The van der Waals surface area contributed by atoms with Crippen LogP contribution in [0.1, 0.15) is 39.5 Å². The molecule has 1 rings (SSSR count). The first-order valence-electron chi connectivity index (χ1n) is 6.13. The summed E-state index contributed by atoms with van der Waals surface area (Å²) in [5, 5.41) is 19.1. The molecule has 1 aliphatic rings. The molecule has 2 N–H and O–H groups in total. The van der Waals surface area contributed by atoms with Gasteiger partial charge in [-0.15, -0.1) is 0 Å². The van der Waals surface area contributed by atoms with E-state index in [1.165, 1.54) is 0 Å². The number of hydrogen-bond acceptors (Lipinski definition) is 5. The highest BCUT2D eigenvalue weighted by Gasteiger charge is 2.34. The number of carbonyl (C=O) groups is 1. The lowest BCUT2D eigenvalue weighted by Gasteiger charge is -2.35. The first-order chi connectivity index (χ1) is 8.00. The summed E-state index contributed by atoms with van der Waals surface area (Å²) < 4.78 is 10.8. The monoisotopic (exact) mass is 246 g/mol. The van der Waals surface area contributed by atoms with Gasteiger partial charge in [-0.05, 0) is 26.7 Å². The van der Waals surface area contributed by atoms with Gasteiger partial charge in [0.05, 0.1) is 12.2 Å². The molecule has 1 aliphatic heterocycles. The Balaban J connectivity index is 2.16. The first kappa shape index (κ1) is 14.6. The predicted molar refractivity (Wildman–Crippen MR) is 61.4 cm³/mol. The molecule has 0 spiro atoms. The van der Waals surface area contributed by atoms with Gasteiger partial charge in [0.1, 0.15) is 11.9 Å². The number of Topliss-reactive ketones (excluding diaryl/α,β-unsaturated/α-hetero) is 1. The fraction of sp³-hybridized carbons (Fsp3) is 0.917. The summed E-state index contributed by atoms with van der Waals surface area (Å²) in [6.07, 6.45) is -0.00597. The SMILES string of the molecule is CC(=O)CCCCO[C@@H]1OC(C)[C@H](O)CC1O. The molecule has 1 saturated heterocycles. The Bertz CT molecular complexity index is 243. The highest BCUT2D eigenvalue weighted by Crippen LogP contribution is 2.21. The van der Waals surface area contributed by atoms with E-state index in [2.05, 4.69) is 0 Å². The number of carbonyl (C=O) groups excluding carboxylic acids is 1. The zero-order valence-corrected chi connectivity index (χ0v) is 10.5. The summed E-state index contributed by atoms with van der Waals surface area (Å²) in [4.78, 5) is 10.7. The van der Waals surface area contributed by atoms with Crippen molar-refractivity contribution in [3.8, 4) is 0 Å². The Labute approximate surface area is 102 Å². The highest BCUT2D eigenvalue weighted by atomic mass is 16.7. The maximum atomic E-state index is 10.7. The van der Waals surface area contributed by atoms with Gasteiger partial charge in [0.25, 0.3) is 0 Å². The third-order valence-electron chi connectivity index (χ3n) is 2.89. The molecular weight excluding hydrogens is 224 g/mol. The Morgan fingerprint density at radius 2 is 2.06 bits per heavy atom. The van der Waals surface area contributed by atoms with Gasteiger partial charge in [0.2, 0.25) is 0 Å². The third-order valence-corrected chi connectivity index (χ3v) is 2.89. The van der Waals surface area contributed by atoms with E-state index >= 15 is 0 Å². The minimum Gasteiger partial charge on any atom is -0.390 e. The van der Waals surface area contributed by atoms with Crippen molar-refractivity contribution < 1.29 is 24.5 Å². The average molecular weight is 246 g/mol. The van der Waals surface area contributed by atoms with Crippen molar-refractivity contribution in [2.75, 3.05) is 6.61 Å².